The van der Waals surface area contributed by atoms with Gasteiger partial charge in [-0.2, -0.15) is 0 Å². The first-order valence-corrected chi connectivity index (χ1v) is 5.81. The molecule has 0 aromatic heterocycles. The van der Waals surface area contributed by atoms with E-state index in [9.17, 15) is 0 Å². The molecule has 1 saturated heterocycles. The van der Waals surface area contributed by atoms with Gasteiger partial charge in [-0.05, 0) is 31.9 Å². The number of benzene rings is 1. The summed E-state index contributed by atoms with van der Waals surface area (Å²) in [5, 5.41) is 0. The number of ether oxygens (including phenoxy) is 1. The molecule has 0 bridgehead atoms. The number of aryl methyl sites for hydroxylation is 1. The third kappa shape index (κ3) is 1.87. The van der Waals surface area contributed by atoms with Crippen molar-refractivity contribution in [3.63, 3.8) is 0 Å². The zero-order valence-electron chi connectivity index (χ0n) is 10.2. The molecule has 2 rings (SSSR count). The molecule has 0 radical (unpaired) electrons. The second-order valence-electron chi connectivity index (χ2n) is 4.56. The van der Waals surface area contributed by atoms with Crippen LogP contribution in [0.25, 0.3) is 0 Å². The average Bonchev–Trinajstić information content (AvgIpc) is 2.64. The number of nitrogens with two attached hydrogens (primary N) is 1. The van der Waals surface area contributed by atoms with Crippen LogP contribution in [0.4, 0.5) is 11.4 Å². The Hall–Kier alpha value is -1.22. The first-order valence-electron chi connectivity index (χ1n) is 5.81. The molecule has 1 heterocycles. The van der Waals surface area contributed by atoms with E-state index in [0.29, 0.717) is 6.04 Å². The minimum Gasteiger partial charge on any atom is -0.397 e. The summed E-state index contributed by atoms with van der Waals surface area (Å²) in [4.78, 5) is 2.27. The van der Waals surface area contributed by atoms with E-state index >= 15 is 0 Å². The Morgan fingerprint density at radius 3 is 2.75 bits per heavy atom. The third-order valence-corrected chi connectivity index (χ3v) is 3.46. The molecule has 88 valence electrons. The number of nitrogens with zero attached hydrogens (tertiary/aromatic N) is 1. The van der Waals surface area contributed by atoms with Crippen molar-refractivity contribution in [1.29, 1.82) is 0 Å². The van der Waals surface area contributed by atoms with Crippen LogP contribution < -0.4 is 10.6 Å². The van der Waals surface area contributed by atoms with Crippen molar-refractivity contribution >= 4 is 11.4 Å². The average molecular weight is 220 g/mol. The molecule has 0 amide bonds. The monoisotopic (exact) mass is 220 g/mol. The fourth-order valence-corrected chi connectivity index (χ4v) is 2.56. The molecule has 1 aliphatic rings. The standard InChI is InChI=1S/C13H20N2O/c1-9-5-4-6-11(14)13(9)15(3)12-7-8-16-10(12)2/h4-6,10,12H,7-8,14H2,1-3H3. The highest BCUT2D eigenvalue weighted by atomic mass is 16.5. The van der Waals surface area contributed by atoms with Crippen LogP contribution >= 0.6 is 0 Å². The van der Waals surface area contributed by atoms with Gasteiger partial charge in [0, 0.05) is 13.7 Å². The molecule has 1 aliphatic heterocycles. The summed E-state index contributed by atoms with van der Waals surface area (Å²) < 4.78 is 5.61. The van der Waals surface area contributed by atoms with E-state index in [4.69, 9.17) is 10.5 Å². The van der Waals surface area contributed by atoms with Crippen molar-refractivity contribution in [1.82, 2.24) is 0 Å². The molecule has 1 aromatic rings. The lowest BCUT2D eigenvalue weighted by Gasteiger charge is -2.31. The topological polar surface area (TPSA) is 38.5 Å². The summed E-state index contributed by atoms with van der Waals surface area (Å²) in [5.74, 6) is 0. The lowest BCUT2D eigenvalue weighted by atomic mass is 10.1. The maximum Gasteiger partial charge on any atom is 0.0750 e. The number of anilines is 2. The van der Waals surface area contributed by atoms with Crippen molar-refractivity contribution in [2.75, 3.05) is 24.3 Å². The maximum atomic E-state index is 6.05. The first kappa shape index (κ1) is 11.3. The Labute approximate surface area is 97.2 Å². The van der Waals surface area contributed by atoms with Gasteiger partial charge in [0.1, 0.15) is 0 Å². The predicted octanol–water partition coefficient (Wildman–Crippen LogP) is 2.19. The van der Waals surface area contributed by atoms with Crippen LogP contribution in [0, 0.1) is 6.92 Å². The summed E-state index contributed by atoms with van der Waals surface area (Å²) in [5.41, 5.74) is 9.27. The molecule has 2 N–H and O–H groups in total. The highest BCUT2D eigenvalue weighted by Crippen LogP contribution is 2.31. The molecule has 2 atom stereocenters. The molecule has 0 spiro atoms. The lowest BCUT2D eigenvalue weighted by Crippen LogP contribution is -2.37. The van der Waals surface area contributed by atoms with Gasteiger partial charge < -0.3 is 15.4 Å². The van der Waals surface area contributed by atoms with Crippen molar-refractivity contribution in [3.05, 3.63) is 23.8 Å². The van der Waals surface area contributed by atoms with Gasteiger partial charge in [0.25, 0.3) is 0 Å². The number of likely N-dealkylation sites (N-methyl/N-ethyl adjacent to an activating group) is 1. The van der Waals surface area contributed by atoms with E-state index in [1.54, 1.807) is 0 Å². The largest absolute Gasteiger partial charge is 0.397 e. The number of hydrogen-bond acceptors (Lipinski definition) is 3. The molecule has 2 unspecified atom stereocenters. The normalized spacial score (nSPS) is 24.7. The summed E-state index contributed by atoms with van der Waals surface area (Å²) in [6, 6.07) is 6.49. The molecule has 3 nitrogen and oxygen atoms in total. The maximum absolute atomic E-state index is 6.05. The van der Waals surface area contributed by atoms with Gasteiger partial charge in [-0.15, -0.1) is 0 Å². The molecule has 3 heteroatoms. The number of nitrogen functional groups attached to an aromatic ring is 1. The molecule has 1 fully saturated rings. The van der Waals surface area contributed by atoms with Crippen LogP contribution in [0.1, 0.15) is 18.9 Å². The Balaban J connectivity index is 2.29. The summed E-state index contributed by atoms with van der Waals surface area (Å²) in [7, 11) is 2.11. The van der Waals surface area contributed by atoms with E-state index < -0.39 is 0 Å². The smallest absolute Gasteiger partial charge is 0.0750 e. The SMILES string of the molecule is Cc1cccc(N)c1N(C)C1CCOC1C. The van der Waals surface area contributed by atoms with Gasteiger partial charge in [0.15, 0.2) is 0 Å². The number of rotatable bonds is 2. The van der Waals surface area contributed by atoms with Crippen molar-refractivity contribution in [2.24, 2.45) is 0 Å². The molecular formula is C13H20N2O. The third-order valence-electron chi connectivity index (χ3n) is 3.46. The summed E-state index contributed by atoms with van der Waals surface area (Å²) in [6.07, 6.45) is 1.36. The number of hydrogen-bond donors (Lipinski definition) is 1. The molecule has 16 heavy (non-hydrogen) atoms. The van der Waals surface area contributed by atoms with Gasteiger partial charge in [-0.25, -0.2) is 0 Å². The van der Waals surface area contributed by atoms with Crippen molar-refractivity contribution < 1.29 is 4.74 Å². The second-order valence-corrected chi connectivity index (χ2v) is 4.56. The first-order chi connectivity index (χ1) is 7.61. The Kier molecular flexibility index (Phi) is 3.06. The number of para-hydroxylation sites is 1. The van der Waals surface area contributed by atoms with E-state index in [0.717, 1.165) is 24.4 Å². The molecule has 0 aliphatic carbocycles. The second kappa shape index (κ2) is 4.34. The van der Waals surface area contributed by atoms with Gasteiger partial charge in [0.05, 0.1) is 23.5 Å². The minimum atomic E-state index is 0.281. The summed E-state index contributed by atoms with van der Waals surface area (Å²) >= 11 is 0. The Bertz CT molecular complexity index is 358. The van der Waals surface area contributed by atoms with Crippen LogP contribution in [0.2, 0.25) is 0 Å². The fourth-order valence-electron chi connectivity index (χ4n) is 2.56. The van der Waals surface area contributed by atoms with Crippen LogP contribution in [0.3, 0.4) is 0 Å². The van der Waals surface area contributed by atoms with Gasteiger partial charge >= 0.3 is 0 Å². The molecular weight excluding hydrogens is 200 g/mol. The zero-order chi connectivity index (χ0) is 11.7. The highest BCUT2D eigenvalue weighted by molar-refractivity contribution is 5.71. The van der Waals surface area contributed by atoms with E-state index in [-0.39, 0.29) is 6.10 Å². The van der Waals surface area contributed by atoms with E-state index in [2.05, 4.69) is 31.9 Å². The summed E-state index contributed by atoms with van der Waals surface area (Å²) in [6.45, 7) is 5.08. The van der Waals surface area contributed by atoms with E-state index in [1.165, 1.54) is 5.56 Å². The predicted molar refractivity (Wildman–Crippen MR) is 67.8 cm³/mol. The van der Waals surface area contributed by atoms with Crippen LogP contribution in [0.15, 0.2) is 18.2 Å². The van der Waals surface area contributed by atoms with Crippen LogP contribution in [-0.4, -0.2) is 25.8 Å². The minimum absolute atomic E-state index is 0.281. The Morgan fingerprint density at radius 1 is 1.44 bits per heavy atom. The van der Waals surface area contributed by atoms with E-state index in [1.807, 2.05) is 12.1 Å². The van der Waals surface area contributed by atoms with Crippen LogP contribution in [0.5, 0.6) is 0 Å². The zero-order valence-corrected chi connectivity index (χ0v) is 10.2. The molecule has 0 saturated carbocycles. The molecule has 1 aromatic carbocycles. The lowest BCUT2D eigenvalue weighted by molar-refractivity contribution is 0.118. The fraction of sp³-hybridized carbons (Fsp3) is 0.538. The quantitative estimate of drug-likeness (QED) is 0.776. The van der Waals surface area contributed by atoms with Gasteiger partial charge in [0.2, 0.25) is 0 Å². The van der Waals surface area contributed by atoms with Gasteiger partial charge in [-0.3, -0.25) is 0 Å². The highest BCUT2D eigenvalue weighted by Gasteiger charge is 2.29. The van der Waals surface area contributed by atoms with Crippen LogP contribution in [-0.2, 0) is 4.74 Å². The van der Waals surface area contributed by atoms with Gasteiger partial charge in [-0.1, -0.05) is 12.1 Å². The van der Waals surface area contributed by atoms with Crippen molar-refractivity contribution in [2.45, 2.75) is 32.4 Å². The van der Waals surface area contributed by atoms with Crippen molar-refractivity contribution in [3.8, 4) is 0 Å². The Morgan fingerprint density at radius 2 is 2.19 bits per heavy atom.